The van der Waals surface area contributed by atoms with Gasteiger partial charge < -0.3 is 10.6 Å². The molecular formula is C20H22ClN3O. The molecule has 2 heterocycles. The lowest BCUT2D eigenvalue weighted by Gasteiger charge is -2.46. The van der Waals surface area contributed by atoms with Crippen LogP contribution in [0.5, 0.6) is 0 Å². The Hall–Kier alpha value is -2.04. The van der Waals surface area contributed by atoms with Gasteiger partial charge in [-0.1, -0.05) is 41.4 Å². The van der Waals surface area contributed by atoms with E-state index in [-0.39, 0.29) is 11.6 Å². The first-order chi connectivity index (χ1) is 12.0. The van der Waals surface area contributed by atoms with E-state index in [1.807, 2.05) is 43.3 Å². The van der Waals surface area contributed by atoms with E-state index in [1.54, 1.807) is 0 Å². The van der Waals surface area contributed by atoms with Crippen LogP contribution in [0.1, 0.15) is 34.3 Å². The fourth-order valence-corrected chi connectivity index (χ4v) is 3.93. The minimum Gasteiger partial charge on any atom is -0.362 e. The molecule has 2 aromatic carbocycles. The molecule has 4 rings (SSSR count). The zero-order valence-corrected chi connectivity index (χ0v) is 15.1. The molecule has 0 radical (unpaired) electrons. The number of rotatable bonds is 2. The SMILES string of the molecule is Cc1ccc2c(c1)C(=O)NC1(CCN(Cc3ccccc3Cl)CC1)N2. The highest BCUT2D eigenvalue weighted by atomic mass is 35.5. The van der Waals surface area contributed by atoms with Crippen molar-refractivity contribution in [2.45, 2.75) is 32.0 Å². The van der Waals surface area contributed by atoms with Crippen LogP contribution in [0.15, 0.2) is 42.5 Å². The van der Waals surface area contributed by atoms with Crippen molar-refractivity contribution in [3.63, 3.8) is 0 Å². The summed E-state index contributed by atoms with van der Waals surface area (Å²) in [5.41, 5.74) is 3.59. The number of aryl methyl sites for hydroxylation is 1. The van der Waals surface area contributed by atoms with Crippen molar-refractivity contribution in [2.24, 2.45) is 0 Å². The van der Waals surface area contributed by atoms with Gasteiger partial charge in [0.1, 0.15) is 5.66 Å². The fourth-order valence-electron chi connectivity index (χ4n) is 3.74. The minimum atomic E-state index is -0.337. The number of amides is 1. The van der Waals surface area contributed by atoms with Crippen LogP contribution < -0.4 is 10.6 Å². The minimum absolute atomic E-state index is 0.0250. The van der Waals surface area contributed by atoms with Gasteiger partial charge in [-0.05, 0) is 30.7 Å². The molecule has 5 heteroatoms. The molecule has 0 atom stereocenters. The highest BCUT2D eigenvalue weighted by Crippen LogP contribution is 2.32. The number of carbonyl (C=O) groups is 1. The van der Waals surface area contributed by atoms with E-state index < -0.39 is 0 Å². The predicted octanol–water partition coefficient (Wildman–Crippen LogP) is 3.80. The lowest BCUT2D eigenvalue weighted by molar-refractivity contribution is 0.0822. The Labute approximate surface area is 153 Å². The normalized spacial score (nSPS) is 19.2. The first-order valence-corrected chi connectivity index (χ1v) is 9.10. The summed E-state index contributed by atoms with van der Waals surface area (Å²) in [7, 11) is 0. The summed E-state index contributed by atoms with van der Waals surface area (Å²) in [5, 5.41) is 7.61. The molecule has 1 spiro atoms. The van der Waals surface area contributed by atoms with E-state index in [0.29, 0.717) is 0 Å². The van der Waals surface area contributed by atoms with E-state index in [9.17, 15) is 4.79 Å². The topological polar surface area (TPSA) is 44.4 Å². The Morgan fingerprint density at radius 3 is 2.64 bits per heavy atom. The van der Waals surface area contributed by atoms with Gasteiger partial charge in [-0.2, -0.15) is 0 Å². The van der Waals surface area contributed by atoms with Crippen molar-refractivity contribution < 1.29 is 4.79 Å². The van der Waals surface area contributed by atoms with Crippen LogP contribution in [0.3, 0.4) is 0 Å². The van der Waals surface area contributed by atoms with Crippen molar-refractivity contribution >= 4 is 23.2 Å². The zero-order valence-electron chi connectivity index (χ0n) is 14.3. The van der Waals surface area contributed by atoms with Gasteiger partial charge in [-0.15, -0.1) is 0 Å². The molecule has 2 N–H and O–H groups in total. The number of hydrogen-bond acceptors (Lipinski definition) is 3. The summed E-state index contributed by atoms with van der Waals surface area (Å²) >= 11 is 6.28. The maximum absolute atomic E-state index is 12.5. The summed E-state index contributed by atoms with van der Waals surface area (Å²) in [6, 6.07) is 14.0. The fraction of sp³-hybridized carbons (Fsp3) is 0.350. The van der Waals surface area contributed by atoms with E-state index >= 15 is 0 Å². The van der Waals surface area contributed by atoms with Gasteiger partial charge in [0.2, 0.25) is 0 Å². The number of halogens is 1. The molecule has 4 nitrogen and oxygen atoms in total. The molecule has 130 valence electrons. The van der Waals surface area contributed by atoms with E-state index in [1.165, 1.54) is 0 Å². The average Bonchev–Trinajstić information content (AvgIpc) is 2.60. The second-order valence-electron chi connectivity index (χ2n) is 7.08. The Morgan fingerprint density at radius 1 is 1.12 bits per heavy atom. The molecule has 0 unspecified atom stereocenters. The molecular weight excluding hydrogens is 334 g/mol. The number of anilines is 1. The van der Waals surface area contributed by atoms with Gasteiger partial charge in [0.25, 0.3) is 5.91 Å². The number of fused-ring (bicyclic) bond motifs is 1. The average molecular weight is 356 g/mol. The molecule has 0 aliphatic carbocycles. The standard InChI is InChI=1S/C20H22ClN3O/c1-14-6-7-18-16(12-14)19(25)23-20(22-18)8-10-24(11-9-20)13-15-4-2-3-5-17(15)21/h2-7,12,22H,8-11,13H2,1H3,(H,23,25). The summed E-state index contributed by atoms with van der Waals surface area (Å²) in [5.74, 6) is 0.0250. The maximum Gasteiger partial charge on any atom is 0.255 e. The van der Waals surface area contributed by atoms with Crippen molar-refractivity contribution in [3.05, 3.63) is 64.2 Å². The largest absolute Gasteiger partial charge is 0.362 e. The van der Waals surface area contributed by atoms with Crippen LogP contribution in [0.2, 0.25) is 5.02 Å². The Balaban J connectivity index is 1.46. The van der Waals surface area contributed by atoms with Crippen LogP contribution in [-0.2, 0) is 6.54 Å². The maximum atomic E-state index is 12.5. The molecule has 1 amide bonds. The molecule has 2 aromatic rings. The predicted molar refractivity (Wildman–Crippen MR) is 101 cm³/mol. The van der Waals surface area contributed by atoms with Crippen LogP contribution >= 0.6 is 11.6 Å². The summed E-state index contributed by atoms with van der Waals surface area (Å²) in [6.45, 7) is 4.68. The highest BCUT2D eigenvalue weighted by molar-refractivity contribution is 6.31. The van der Waals surface area contributed by atoms with Gasteiger partial charge in [0.05, 0.1) is 5.56 Å². The van der Waals surface area contributed by atoms with Gasteiger partial charge in [-0.25, -0.2) is 0 Å². The van der Waals surface area contributed by atoms with Crippen LogP contribution in [-0.4, -0.2) is 29.6 Å². The monoisotopic (exact) mass is 355 g/mol. The van der Waals surface area contributed by atoms with Crippen molar-refractivity contribution in [2.75, 3.05) is 18.4 Å². The van der Waals surface area contributed by atoms with Crippen molar-refractivity contribution in [3.8, 4) is 0 Å². The summed E-state index contributed by atoms with van der Waals surface area (Å²) in [4.78, 5) is 14.9. The van der Waals surface area contributed by atoms with E-state index in [0.717, 1.165) is 59.9 Å². The Morgan fingerprint density at radius 2 is 1.88 bits per heavy atom. The number of hydrogen-bond donors (Lipinski definition) is 2. The lowest BCUT2D eigenvalue weighted by atomic mass is 9.91. The number of likely N-dealkylation sites (tertiary alicyclic amines) is 1. The van der Waals surface area contributed by atoms with Crippen LogP contribution in [0.4, 0.5) is 5.69 Å². The molecule has 1 saturated heterocycles. The molecule has 0 saturated carbocycles. The van der Waals surface area contributed by atoms with Crippen LogP contribution in [0, 0.1) is 6.92 Å². The third kappa shape index (κ3) is 3.24. The Kier molecular flexibility index (Phi) is 4.18. The molecule has 2 aliphatic rings. The molecule has 2 aliphatic heterocycles. The zero-order chi connectivity index (χ0) is 17.4. The number of carbonyl (C=O) groups excluding carboxylic acids is 1. The third-order valence-electron chi connectivity index (χ3n) is 5.21. The summed E-state index contributed by atoms with van der Waals surface area (Å²) in [6.07, 6.45) is 1.74. The Bertz CT molecular complexity index is 812. The molecule has 0 bridgehead atoms. The first kappa shape index (κ1) is 16.4. The van der Waals surface area contributed by atoms with E-state index in [4.69, 9.17) is 11.6 Å². The van der Waals surface area contributed by atoms with Crippen LogP contribution in [0.25, 0.3) is 0 Å². The van der Waals surface area contributed by atoms with Crippen molar-refractivity contribution in [1.29, 1.82) is 0 Å². The second kappa shape index (κ2) is 6.36. The quantitative estimate of drug-likeness (QED) is 0.861. The molecule has 0 aromatic heterocycles. The molecule has 25 heavy (non-hydrogen) atoms. The number of nitrogens with zero attached hydrogens (tertiary/aromatic N) is 1. The number of piperidine rings is 1. The van der Waals surface area contributed by atoms with Crippen molar-refractivity contribution in [1.82, 2.24) is 10.2 Å². The van der Waals surface area contributed by atoms with Gasteiger partial charge in [0, 0.05) is 43.2 Å². The highest BCUT2D eigenvalue weighted by Gasteiger charge is 2.40. The number of benzene rings is 2. The van der Waals surface area contributed by atoms with E-state index in [2.05, 4.69) is 21.6 Å². The van der Waals surface area contributed by atoms with Gasteiger partial charge >= 0.3 is 0 Å². The first-order valence-electron chi connectivity index (χ1n) is 8.72. The summed E-state index contributed by atoms with van der Waals surface area (Å²) < 4.78 is 0. The number of nitrogens with one attached hydrogen (secondary N) is 2. The van der Waals surface area contributed by atoms with Gasteiger partial charge in [0.15, 0.2) is 0 Å². The lowest BCUT2D eigenvalue weighted by Crippen LogP contribution is -2.62. The third-order valence-corrected chi connectivity index (χ3v) is 5.58. The smallest absolute Gasteiger partial charge is 0.255 e. The second-order valence-corrected chi connectivity index (χ2v) is 7.49. The molecule has 1 fully saturated rings. The van der Waals surface area contributed by atoms with Gasteiger partial charge in [-0.3, -0.25) is 9.69 Å².